The summed E-state index contributed by atoms with van der Waals surface area (Å²) in [6, 6.07) is 27.2. The molecule has 1 saturated heterocycles. The standard InChI is InChI=1S/C34H27Cl2NO2/c1-20-30(23-12-16-26(36)17-13-23)33(18-4-7-24(31(33)38)19-21-10-14-25(35)15-11-21)34(37-20)28-9-3-6-22-5-2-8-27(29(22)28)32(34)39/h2-3,5-6,8-17,19-20,30,37H,4,7,18H2,1H3/b24-19+/t20?,30-,33+,34+/m1/s1. The minimum absolute atomic E-state index is 0.00120. The van der Waals surface area contributed by atoms with Crippen molar-refractivity contribution in [2.24, 2.45) is 5.41 Å². The minimum Gasteiger partial charge on any atom is -0.297 e. The molecule has 2 spiro atoms. The smallest absolute Gasteiger partial charge is 0.189 e. The van der Waals surface area contributed by atoms with Gasteiger partial charge in [-0.25, -0.2) is 0 Å². The highest BCUT2D eigenvalue weighted by molar-refractivity contribution is 6.31. The van der Waals surface area contributed by atoms with Crippen molar-refractivity contribution in [3.63, 3.8) is 0 Å². The molecule has 2 fully saturated rings. The van der Waals surface area contributed by atoms with Crippen molar-refractivity contribution in [3.8, 4) is 0 Å². The zero-order chi connectivity index (χ0) is 26.9. The second kappa shape index (κ2) is 8.89. The molecule has 1 unspecified atom stereocenters. The molecule has 4 aromatic carbocycles. The molecule has 5 heteroatoms. The van der Waals surface area contributed by atoms with Gasteiger partial charge in [0.1, 0.15) is 5.54 Å². The average Bonchev–Trinajstić information content (AvgIpc) is 3.34. The Bertz CT molecular complexity index is 1690. The van der Waals surface area contributed by atoms with Crippen molar-refractivity contribution >= 4 is 51.6 Å². The van der Waals surface area contributed by atoms with E-state index in [0.717, 1.165) is 39.5 Å². The average molecular weight is 553 g/mol. The third-order valence-corrected chi connectivity index (χ3v) is 9.70. The Labute approximate surface area is 237 Å². The number of allylic oxidation sites excluding steroid dienone is 1. The van der Waals surface area contributed by atoms with Gasteiger partial charge in [0.2, 0.25) is 0 Å². The molecule has 2 aliphatic carbocycles. The van der Waals surface area contributed by atoms with Crippen molar-refractivity contribution in [1.29, 1.82) is 0 Å². The number of halogens is 2. The zero-order valence-corrected chi connectivity index (χ0v) is 23.0. The van der Waals surface area contributed by atoms with Crippen molar-refractivity contribution in [2.45, 2.75) is 43.7 Å². The van der Waals surface area contributed by atoms with Crippen LogP contribution in [0.3, 0.4) is 0 Å². The van der Waals surface area contributed by atoms with Gasteiger partial charge in [-0.2, -0.15) is 0 Å². The van der Waals surface area contributed by atoms with E-state index in [1.165, 1.54) is 0 Å². The monoisotopic (exact) mass is 551 g/mol. The van der Waals surface area contributed by atoms with Gasteiger partial charge in [0.25, 0.3) is 0 Å². The highest BCUT2D eigenvalue weighted by Gasteiger charge is 2.73. The molecule has 7 rings (SSSR count). The zero-order valence-electron chi connectivity index (χ0n) is 21.5. The van der Waals surface area contributed by atoms with Gasteiger partial charge >= 0.3 is 0 Å². The number of hydrogen-bond donors (Lipinski definition) is 1. The Morgan fingerprint density at radius 1 is 0.846 bits per heavy atom. The molecule has 1 aliphatic heterocycles. The lowest BCUT2D eigenvalue weighted by molar-refractivity contribution is -0.130. The van der Waals surface area contributed by atoms with E-state index in [2.05, 4.69) is 12.2 Å². The first kappa shape index (κ1) is 24.8. The second-order valence-electron chi connectivity index (χ2n) is 11.1. The molecule has 1 N–H and O–H groups in total. The molecule has 0 amide bonds. The molecule has 4 aromatic rings. The van der Waals surface area contributed by atoms with Crippen LogP contribution >= 0.6 is 23.2 Å². The van der Waals surface area contributed by atoms with Gasteiger partial charge in [-0.05, 0) is 89.6 Å². The first-order valence-corrected chi connectivity index (χ1v) is 14.2. The molecule has 39 heavy (non-hydrogen) atoms. The summed E-state index contributed by atoms with van der Waals surface area (Å²) in [5.74, 6) is -0.165. The summed E-state index contributed by atoms with van der Waals surface area (Å²) in [7, 11) is 0. The van der Waals surface area contributed by atoms with E-state index in [1.807, 2.05) is 91.0 Å². The van der Waals surface area contributed by atoms with Gasteiger partial charge in [0.05, 0.1) is 5.41 Å². The van der Waals surface area contributed by atoms with Crippen LogP contribution in [0.2, 0.25) is 10.0 Å². The maximum absolute atomic E-state index is 15.1. The third-order valence-electron chi connectivity index (χ3n) is 9.19. The van der Waals surface area contributed by atoms with E-state index in [9.17, 15) is 4.79 Å². The van der Waals surface area contributed by atoms with E-state index >= 15 is 4.79 Å². The highest BCUT2D eigenvalue weighted by Crippen LogP contribution is 2.65. The number of hydrogen-bond acceptors (Lipinski definition) is 3. The summed E-state index contributed by atoms with van der Waals surface area (Å²) in [5.41, 5.74) is 2.17. The lowest BCUT2D eigenvalue weighted by Gasteiger charge is -2.47. The van der Waals surface area contributed by atoms with Gasteiger partial charge in [0, 0.05) is 27.6 Å². The topological polar surface area (TPSA) is 46.2 Å². The molecular formula is C34H27Cl2NO2. The van der Waals surface area contributed by atoms with Crippen LogP contribution in [0.1, 0.15) is 59.2 Å². The summed E-state index contributed by atoms with van der Waals surface area (Å²) in [5, 5.41) is 7.07. The molecule has 3 nitrogen and oxygen atoms in total. The normalized spacial score (nSPS) is 28.8. The van der Waals surface area contributed by atoms with E-state index in [0.29, 0.717) is 28.5 Å². The van der Waals surface area contributed by atoms with E-state index < -0.39 is 11.0 Å². The van der Waals surface area contributed by atoms with Crippen LogP contribution in [0.15, 0.2) is 90.5 Å². The van der Waals surface area contributed by atoms with Crippen LogP contribution in [0, 0.1) is 5.41 Å². The molecule has 194 valence electrons. The fourth-order valence-electron chi connectivity index (χ4n) is 7.83. The summed E-state index contributed by atoms with van der Waals surface area (Å²) >= 11 is 12.4. The predicted molar refractivity (Wildman–Crippen MR) is 157 cm³/mol. The largest absolute Gasteiger partial charge is 0.297 e. The van der Waals surface area contributed by atoms with E-state index in [4.69, 9.17) is 23.2 Å². The van der Waals surface area contributed by atoms with Crippen LogP contribution in [0.4, 0.5) is 0 Å². The summed E-state index contributed by atoms with van der Waals surface area (Å²) in [4.78, 5) is 29.8. The lowest BCUT2D eigenvalue weighted by Crippen LogP contribution is -2.59. The Kier molecular flexibility index (Phi) is 5.65. The molecule has 0 radical (unpaired) electrons. The van der Waals surface area contributed by atoms with E-state index in [1.54, 1.807) is 0 Å². The van der Waals surface area contributed by atoms with Crippen LogP contribution < -0.4 is 5.32 Å². The lowest BCUT2D eigenvalue weighted by atomic mass is 9.52. The van der Waals surface area contributed by atoms with Crippen molar-refractivity contribution < 1.29 is 9.59 Å². The second-order valence-corrected chi connectivity index (χ2v) is 12.0. The van der Waals surface area contributed by atoms with Gasteiger partial charge in [-0.15, -0.1) is 0 Å². The van der Waals surface area contributed by atoms with Crippen LogP contribution in [-0.2, 0) is 10.3 Å². The van der Waals surface area contributed by atoms with Crippen LogP contribution in [0.5, 0.6) is 0 Å². The summed E-state index contributed by atoms with van der Waals surface area (Å²) < 4.78 is 0. The first-order chi connectivity index (χ1) is 18.9. The van der Waals surface area contributed by atoms with Crippen molar-refractivity contribution in [2.75, 3.05) is 0 Å². The molecule has 1 heterocycles. The Balaban J connectivity index is 1.50. The van der Waals surface area contributed by atoms with Crippen LogP contribution in [0.25, 0.3) is 16.8 Å². The Hall–Kier alpha value is -3.24. The number of ketones is 2. The van der Waals surface area contributed by atoms with Gasteiger partial charge in [0.15, 0.2) is 11.6 Å². The van der Waals surface area contributed by atoms with Gasteiger partial charge in [-0.3, -0.25) is 14.9 Å². The predicted octanol–water partition coefficient (Wildman–Crippen LogP) is 8.14. The molecule has 4 atom stereocenters. The fraction of sp³-hybridized carbons (Fsp3) is 0.235. The molecule has 0 aromatic heterocycles. The molecular weight excluding hydrogens is 525 g/mol. The van der Waals surface area contributed by atoms with Crippen molar-refractivity contribution in [3.05, 3.63) is 123 Å². The number of Topliss-reactive ketones (excluding diaryl/α,β-unsaturated/α-hetero) is 2. The number of benzene rings is 4. The minimum atomic E-state index is -1.16. The molecule has 3 aliphatic rings. The summed E-state index contributed by atoms with van der Waals surface area (Å²) in [6.45, 7) is 2.11. The van der Waals surface area contributed by atoms with Crippen LogP contribution in [-0.4, -0.2) is 17.6 Å². The number of carbonyl (C=O) groups is 2. The Morgan fingerprint density at radius 2 is 1.51 bits per heavy atom. The number of carbonyl (C=O) groups excluding carboxylic acids is 2. The summed E-state index contributed by atoms with van der Waals surface area (Å²) in [6.07, 6.45) is 4.09. The molecule has 0 bridgehead atoms. The molecule has 1 saturated carbocycles. The van der Waals surface area contributed by atoms with Gasteiger partial charge in [-0.1, -0.05) is 83.9 Å². The third kappa shape index (κ3) is 3.34. The Morgan fingerprint density at radius 3 is 2.23 bits per heavy atom. The number of fused-ring (bicyclic) bond motifs is 2. The van der Waals surface area contributed by atoms with Gasteiger partial charge < -0.3 is 0 Å². The SMILES string of the molecule is CC1N[C@@]2(C(=O)c3cccc4cccc2c34)[C@@]2(CCC/C(=C\c3ccc(Cl)cc3)C2=O)[C@H]1c1ccc(Cl)cc1. The highest BCUT2D eigenvalue weighted by atomic mass is 35.5. The van der Waals surface area contributed by atoms with Crippen molar-refractivity contribution in [1.82, 2.24) is 5.32 Å². The maximum atomic E-state index is 15.1. The quantitative estimate of drug-likeness (QED) is 0.256. The fourth-order valence-corrected chi connectivity index (χ4v) is 8.09. The number of nitrogens with one attached hydrogen (secondary N) is 1. The number of rotatable bonds is 2. The first-order valence-electron chi connectivity index (χ1n) is 13.5. The van der Waals surface area contributed by atoms with E-state index in [-0.39, 0.29) is 23.5 Å². The maximum Gasteiger partial charge on any atom is 0.189 e.